The lowest BCUT2D eigenvalue weighted by Gasteiger charge is -2.32. The molecule has 0 aromatic rings. The van der Waals surface area contributed by atoms with Crippen LogP contribution in [-0.2, 0) is 4.79 Å². The number of hydrogen-bond donors (Lipinski definition) is 2. The number of hydrogen-bond acceptors (Lipinski definition) is 2. The predicted octanol–water partition coefficient (Wildman–Crippen LogP) is 2.48. The first kappa shape index (κ1) is 16.7. The number of rotatable bonds is 5. The van der Waals surface area contributed by atoms with Crippen molar-refractivity contribution in [3.8, 4) is 0 Å². The van der Waals surface area contributed by atoms with Crippen LogP contribution in [0.15, 0.2) is 0 Å². The lowest BCUT2D eigenvalue weighted by Crippen LogP contribution is -2.46. The Bertz CT molecular complexity index is 219. The fourth-order valence-electron chi connectivity index (χ4n) is 2.64. The summed E-state index contributed by atoms with van der Waals surface area (Å²) < 4.78 is 0. The number of nitrogens with two attached hydrogens (primary N) is 1. The van der Waals surface area contributed by atoms with E-state index in [9.17, 15) is 4.79 Å². The van der Waals surface area contributed by atoms with Crippen molar-refractivity contribution in [2.75, 3.05) is 6.54 Å². The van der Waals surface area contributed by atoms with Gasteiger partial charge >= 0.3 is 0 Å². The van der Waals surface area contributed by atoms with Crippen LogP contribution < -0.4 is 11.1 Å². The molecule has 0 radical (unpaired) electrons. The topological polar surface area (TPSA) is 55.1 Å². The Kier molecular flexibility index (Phi) is 8.61. The van der Waals surface area contributed by atoms with E-state index >= 15 is 0 Å². The molecule has 0 aromatic heterocycles. The second-order valence-electron chi connectivity index (χ2n) is 4.91. The third-order valence-electron chi connectivity index (χ3n) is 3.90. The summed E-state index contributed by atoms with van der Waals surface area (Å²) in [6.45, 7) is 4.86. The van der Waals surface area contributed by atoms with E-state index in [1.54, 1.807) is 0 Å². The van der Waals surface area contributed by atoms with Crippen LogP contribution in [0.3, 0.4) is 0 Å². The van der Waals surface area contributed by atoms with Gasteiger partial charge in [0.15, 0.2) is 0 Å². The zero-order chi connectivity index (χ0) is 12.0. The molecule has 3 nitrogen and oxygen atoms in total. The molecule has 0 aliphatic heterocycles. The molecule has 4 heteroatoms. The van der Waals surface area contributed by atoms with E-state index in [-0.39, 0.29) is 24.2 Å². The van der Waals surface area contributed by atoms with E-state index < -0.39 is 0 Å². The fraction of sp³-hybridized carbons (Fsp3) is 0.923. The molecule has 1 amide bonds. The zero-order valence-electron chi connectivity index (χ0n) is 11.1. The summed E-state index contributed by atoms with van der Waals surface area (Å²) in [6.07, 6.45) is 6.63. The molecule has 0 heterocycles. The molecular formula is C13H27ClN2O. The van der Waals surface area contributed by atoms with Crippen molar-refractivity contribution >= 4 is 18.3 Å². The average molecular weight is 263 g/mol. The lowest BCUT2D eigenvalue weighted by molar-refractivity contribution is -0.126. The summed E-state index contributed by atoms with van der Waals surface area (Å²) in [5.41, 5.74) is 5.76. The standard InChI is InChI=1S/C13H26N2O.ClH/c1-3-10(4-2)13(16)15-12-8-6-5-7-11(12)9-14;/h10-12H,3-9,14H2,1-2H3,(H,15,16);1H. The summed E-state index contributed by atoms with van der Waals surface area (Å²) in [5.74, 6) is 0.905. The predicted molar refractivity (Wildman–Crippen MR) is 74.3 cm³/mol. The third-order valence-corrected chi connectivity index (χ3v) is 3.90. The van der Waals surface area contributed by atoms with Crippen molar-refractivity contribution in [1.82, 2.24) is 5.32 Å². The number of amides is 1. The number of carbonyl (C=O) groups excluding carboxylic acids is 1. The van der Waals surface area contributed by atoms with Crippen molar-refractivity contribution in [3.63, 3.8) is 0 Å². The molecule has 3 N–H and O–H groups in total. The number of nitrogens with one attached hydrogen (secondary N) is 1. The van der Waals surface area contributed by atoms with Gasteiger partial charge in [-0.1, -0.05) is 26.7 Å². The molecule has 1 aliphatic carbocycles. The minimum absolute atomic E-state index is 0. The van der Waals surface area contributed by atoms with Crippen LogP contribution in [0.25, 0.3) is 0 Å². The summed E-state index contributed by atoms with van der Waals surface area (Å²) in [7, 11) is 0. The van der Waals surface area contributed by atoms with Gasteiger partial charge in [0, 0.05) is 12.0 Å². The van der Waals surface area contributed by atoms with E-state index in [2.05, 4.69) is 19.2 Å². The molecule has 1 saturated carbocycles. The molecule has 0 bridgehead atoms. The second-order valence-corrected chi connectivity index (χ2v) is 4.91. The van der Waals surface area contributed by atoms with Crippen molar-refractivity contribution in [2.24, 2.45) is 17.6 Å². The summed E-state index contributed by atoms with van der Waals surface area (Å²) in [5, 5.41) is 3.20. The van der Waals surface area contributed by atoms with Crippen molar-refractivity contribution < 1.29 is 4.79 Å². The Hall–Kier alpha value is -0.280. The van der Waals surface area contributed by atoms with Crippen LogP contribution in [0.4, 0.5) is 0 Å². The van der Waals surface area contributed by atoms with Gasteiger partial charge in [-0.3, -0.25) is 4.79 Å². The number of carbonyl (C=O) groups is 1. The molecule has 0 saturated heterocycles. The molecule has 1 rings (SSSR count). The Morgan fingerprint density at radius 1 is 1.29 bits per heavy atom. The Morgan fingerprint density at radius 3 is 2.41 bits per heavy atom. The molecule has 102 valence electrons. The minimum atomic E-state index is 0. The first-order valence-electron chi connectivity index (χ1n) is 6.73. The lowest BCUT2D eigenvalue weighted by atomic mass is 9.84. The zero-order valence-corrected chi connectivity index (χ0v) is 11.9. The highest BCUT2D eigenvalue weighted by atomic mass is 35.5. The normalized spacial score (nSPS) is 24.2. The second kappa shape index (κ2) is 8.76. The smallest absolute Gasteiger partial charge is 0.223 e. The van der Waals surface area contributed by atoms with Crippen LogP contribution in [0.5, 0.6) is 0 Å². The Morgan fingerprint density at radius 2 is 1.88 bits per heavy atom. The highest BCUT2D eigenvalue weighted by Gasteiger charge is 2.26. The quantitative estimate of drug-likeness (QED) is 0.800. The van der Waals surface area contributed by atoms with Gasteiger partial charge in [0.1, 0.15) is 0 Å². The molecule has 2 atom stereocenters. The monoisotopic (exact) mass is 262 g/mol. The fourth-order valence-corrected chi connectivity index (χ4v) is 2.64. The number of halogens is 1. The van der Waals surface area contributed by atoms with Gasteiger partial charge in [-0.25, -0.2) is 0 Å². The van der Waals surface area contributed by atoms with Gasteiger partial charge in [0.05, 0.1) is 0 Å². The third kappa shape index (κ3) is 4.84. The maximum atomic E-state index is 12.0. The van der Waals surface area contributed by atoms with Gasteiger partial charge in [-0.15, -0.1) is 12.4 Å². The van der Waals surface area contributed by atoms with Crippen LogP contribution in [0.2, 0.25) is 0 Å². The molecule has 1 aliphatic rings. The highest BCUT2D eigenvalue weighted by molar-refractivity contribution is 5.85. The largest absolute Gasteiger partial charge is 0.353 e. The Labute approximate surface area is 111 Å². The van der Waals surface area contributed by atoms with Crippen LogP contribution in [0, 0.1) is 11.8 Å². The molecule has 0 aromatic carbocycles. The first-order valence-corrected chi connectivity index (χ1v) is 6.73. The highest BCUT2D eigenvalue weighted by Crippen LogP contribution is 2.24. The van der Waals surface area contributed by atoms with E-state index in [4.69, 9.17) is 5.73 Å². The summed E-state index contributed by atoms with van der Waals surface area (Å²) in [4.78, 5) is 12.0. The molecule has 2 unspecified atom stereocenters. The van der Waals surface area contributed by atoms with Crippen LogP contribution >= 0.6 is 12.4 Å². The SMILES string of the molecule is CCC(CC)C(=O)NC1CCCCC1CN.Cl. The minimum Gasteiger partial charge on any atom is -0.353 e. The molecule has 1 fully saturated rings. The van der Waals surface area contributed by atoms with Crippen molar-refractivity contribution in [1.29, 1.82) is 0 Å². The van der Waals surface area contributed by atoms with Crippen LogP contribution in [-0.4, -0.2) is 18.5 Å². The van der Waals surface area contributed by atoms with Crippen molar-refractivity contribution in [2.45, 2.75) is 58.4 Å². The average Bonchev–Trinajstić information content (AvgIpc) is 2.31. The maximum absolute atomic E-state index is 12.0. The van der Waals surface area contributed by atoms with Crippen molar-refractivity contribution in [3.05, 3.63) is 0 Å². The van der Waals surface area contributed by atoms with Gasteiger partial charge in [-0.05, 0) is 38.1 Å². The van der Waals surface area contributed by atoms with Gasteiger partial charge < -0.3 is 11.1 Å². The van der Waals surface area contributed by atoms with Gasteiger partial charge in [0.2, 0.25) is 5.91 Å². The van der Waals surface area contributed by atoms with Gasteiger partial charge in [-0.2, -0.15) is 0 Å². The Balaban J connectivity index is 0.00000256. The van der Waals surface area contributed by atoms with E-state index in [0.717, 1.165) is 19.3 Å². The summed E-state index contributed by atoms with van der Waals surface area (Å²) in [6, 6.07) is 0.326. The van der Waals surface area contributed by atoms with E-state index in [1.807, 2.05) is 0 Å². The van der Waals surface area contributed by atoms with Crippen LogP contribution in [0.1, 0.15) is 52.4 Å². The summed E-state index contributed by atoms with van der Waals surface area (Å²) >= 11 is 0. The van der Waals surface area contributed by atoms with E-state index in [1.165, 1.54) is 19.3 Å². The van der Waals surface area contributed by atoms with E-state index in [0.29, 0.717) is 18.5 Å². The molecule has 0 spiro atoms. The van der Waals surface area contributed by atoms with Gasteiger partial charge in [0.25, 0.3) is 0 Å². The molecular weight excluding hydrogens is 236 g/mol. The molecule has 17 heavy (non-hydrogen) atoms. The first-order chi connectivity index (χ1) is 7.72. The maximum Gasteiger partial charge on any atom is 0.223 e.